The Morgan fingerprint density at radius 1 is 1.13 bits per heavy atom. The summed E-state index contributed by atoms with van der Waals surface area (Å²) in [5, 5.41) is 3.28. The molecule has 0 bridgehead atoms. The third-order valence-corrected chi connectivity index (χ3v) is 4.10. The van der Waals surface area contributed by atoms with Crippen LogP contribution in [0.1, 0.15) is 37.0 Å². The molecule has 0 spiro atoms. The molecule has 0 radical (unpaired) electrons. The van der Waals surface area contributed by atoms with E-state index in [9.17, 15) is 9.18 Å². The summed E-state index contributed by atoms with van der Waals surface area (Å²) >= 11 is 0. The molecule has 2 aromatic carbocycles. The number of nitrogens with one attached hydrogen (secondary N) is 1. The van der Waals surface area contributed by atoms with Gasteiger partial charge in [0.1, 0.15) is 11.6 Å². The zero-order valence-corrected chi connectivity index (χ0v) is 17.3. The molecule has 154 valence electrons. The minimum Gasteiger partial charge on any atom is -0.366 e. The van der Waals surface area contributed by atoms with Crippen molar-refractivity contribution in [3.63, 3.8) is 0 Å². The summed E-state index contributed by atoms with van der Waals surface area (Å²) in [6.07, 6.45) is 7.08. The van der Waals surface area contributed by atoms with Crippen molar-refractivity contribution in [1.82, 2.24) is 9.97 Å². The van der Waals surface area contributed by atoms with Crippen LogP contribution in [0.5, 0.6) is 0 Å². The summed E-state index contributed by atoms with van der Waals surface area (Å²) in [7, 11) is 0. The minimum atomic E-state index is -0.592. The number of aromatic nitrogens is 2. The number of hydrogen-bond donors (Lipinski definition) is 2. The fraction of sp³-hybridized carbons (Fsp3) is 0.125. The van der Waals surface area contributed by atoms with Crippen molar-refractivity contribution < 1.29 is 9.18 Å². The highest BCUT2D eigenvalue weighted by molar-refractivity contribution is 6.01. The van der Waals surface area contributed by atoms with E-state index < -0.39 is 11.7 Å². The number of para-hydroxylation sites is 1. The van der Waals surface area contributed by atoms with Crippen LogP contribution < -0.4 is 11.1 Å². The summed E-state index contributed by atoms with van der Waals surface area (Å²) in [4.78, 5) is 20.7. The predicted octanol–water partition coefficient (Wildman–Crippen LogP) is 5.78. The molecule has 0 aliphatic heterocycles. The third-order valence-electron chi connectivity index (χ3n) is 4.10. The van der Waals surface area contributed by atoms with Gasteiger partial charge < -0.3 is 11.1 Å². The molecule has 1 aromatic heterocycles. The van der Waals surface area contributed by atoms with Gasteiger partial charge in [-0.2, -0.15) is 0 Å². The van der Waals surface area contributed by atoms with Crippen molar-refractivity contribution in [1.29, 1.82) is 0 Å². The molecular formula is C24H25FN4O. The fourth-order valence-corrected chi connectivity index (χ4v) is 2.77. The average molecular weight is 404 g/mol. The first-order valence-electron chi connectivity index (χ1n) is 9.63. The zero-order valence-electron chi connectivity index (χ0n) is 17.3. The molecule has 3 rings (SSSR count). The first-order chi connectivity index (χ1) is 14.5. The summed E-state index contributed by atoms with van der Waals surface area (Å²) in [6, 6.07) is 11.4. The highest BCUT2D eigenvalue weighted by Crippen LogP contribution is 2.29. The van der Waals surface area contributed by atoms with E-state index in [1.165, 1.54) is 6.07 Å². The molecule has 0 atom stereocenters. The lowest BCUT2D eigenvalue weighted by Crippen LogP contribution is -2.13. The molecule has 0 unspecified atom stereocenters. The predicted molar refractivity (Wildman–Crippen MR) is 122 cm³/mol. The molecule has 3 aromatic rings. The van der Waals surface area contributed by atoms with Crippen LogP contribution in [0.25, 0.3) is 16.5 Å². The number of carbonyl (C=O) groups is 1. The summed E-state index contributed by atoms with van der Waals surface area (Å²) in [5.41, 5.74) is 7.36. The van der Waals surface area contributed by atoms with Crippen LogP contribution in [0.15, 0.2) is 73.3 Å². The Balaban J connectivity index is 0.00000155. The number of halogens is 1. The Kier molecular flexibility index (Phi) is 7.99. The maximum absolute atomic E-state index is 14.6. The van der Waals surface area contributed by atoms with Gasteiger partial charge in [-0.1, -0.05) is 62.9 Å². The van der Waals surface area contributed by atoms with Gasteiger partial charge in [-0.05, 0) is 31.2 Å². The smallest absolute Gasteiger partial charge is 0.250 e. The molecule has 6 heteroatoms. The van der Waals surface area contributed by atoms with E-state index in [1.54, 1.807) is 48.6 Å². The quantitative estimate of drug-likeness (QED) is 0.510. The first kappa shape index (κ1) is 22.5. The maximum Gasteiger partial charge on any atom is 0.250 e. The van der Waals surface area contributed by atoms with Crippen LogP contribution in [0.3, 0.4) is 0 Å². The Morgan fingerprint density at radius 3 is 2.53 bits per heavy atom. The number of nitrogens with zero attached hydrogens (tertiary/aromatic N) is 2. The summed E-state index contributed by atoms with van der Waals surface area (Å²) < 4.78 is 14.6. The second kappa shape index (κ2) is 10.7. The van der Waals surface area contributed by atoms with Gasteiger partial charge >= 0.3 is 0 Å². The van der Waals surface area contributed by atoms with E-state index in [2.05, 4.69) is 21.9 Å². The standard InChI is InChI=1S/C22H19FN4O.C2H6/c1-3-5-9-14(4-2)21-26-18-13-8-11-16(23)19(18)22(27-21)25-17-12-7-6-10-15(17)20(24)28;1-2/h3-13H,1H2,2H3,(H2,24,28)(H,25,26,27);1-2H3/b9-5-,14-4+;. The molecule has 5 nitrogen and oxygen atoms in total. The van der Waals surface area contributed by atoms with Crippen LogP contribution in [-0.2, 0) is 0 Å². The zero-order chi connectivity index (χ0) is 22.1. The highest BCUT2D eigenvalue weighted by atomic mass is 19.1. The topological polar surface area (TPSA) is 80.9 Å². The van der Waals surface area contributed by atoms with E-state index in [-0.39, 0.29) is 16.8 Å². The number of rotatable bonds is 6. The van der Waals surface area contributed by atoms with Gasteiger partial charge in [-0.3, -0.25) is 4.79 Å². The Hall–Kier alpha value is -3.80. The van der Waals surface area contributed by atoms with Crippen LogP contribution in [0.4, 0.5) is 15.9 Å². The van der Waals surface area contributed by atoms with Gasteiger partial charge in [0.05, 0.1) is 22.2 Å². The van der Waals surface area contributed by atoms with Crippen LogP contribution in [0, 0.1) is 5.82 Å². The van der Waals surface area contributed by atoms with Gasteiger partial charge in [-0.25, -0.2) is 14.4 Å². The molecule has 3 N–H and O–H groups in total. The van der Waals surface area contributed by atoms with Gasteiger partial charge in [0.15, 0.2) is 5.82 Å². The number of carbonyl (C=O) groups excluding carboxylic acids is 1. The molecule has 0 aliphatic carbocycles. The molecule has 30 heavy (non-hydrogen) atoms. The van der Waals surface area contributed by atoms with Gasteiger partial charge in [0.2, 0.25) is 0 Å². The molecular weight excluding hydrogens is 379 g/mol. The lowest BCUT2D eigenvalue weighted by molar-refractivity contribution is 0.100. The van der Waals surface area contributed by atoms with Crippen LogP contribution >= 0.6 is 0 Å². The van der Waals surface area contributed by atoms with Crippen LogP contribution in [-0.4, -0.2) is 15.9 Å². The van der Waals surface area contributed by atoms with Crippen molar-refractivity contribution in [2.24, 2.45) is 5.73 Å². The molecule has 0 saturated carbocycles. The van der Waals surface area contributed by atoms with E-state index in [4.69, 9.17) is 5.73 Å². The Morgan fingerprint density at radius 2 is 1.87 bits per heavy atom. The van der Waals surface area contributed by atoms with Crippen molar-refractivity contribution >= 4 is 33.9 Å². The minimum absolute atomic E-state index is 0.230. The van der Waals surface area contributed by atoms with Gasteiger partial charge in [-0.15, -0.1) is 0 Å². The number of anilines is 2. The van der Waals surface area contributed by atoms with E-state index >= 15 is 0 Å². The van der Waals surface area contributed by atoms with E-state index in [0.717, 1.165) is 5.57 Å². The van der Waals surface area contributed by atoms with Crippen molar-refractivity contribution in [3.05, 3.63) is 90.6 Å². The van der Waals surface area contributed by atoms with Crippen LogP contribution in [0.2, 0.25) is 0 Å². The second-order valence-corrected chi connectivity index (χ2v) is 5.90. The highest BCUT2D eigenvalue weighted by Gasteiger charge is 2.15. The van der Waals surface area contributed by atoms with Gasteiger partial charge in [0.25, 0.3) is 5.91 Å². The first-order valence-corrected chi connectivity index (χ1v) is 9.63. The second-order valence-electron chi connectivity index (χ2n) is 5.90. The lowest BCUT2D eigenvalue weighted by Gasteiger charge is -2.13. The fourth-order valence-electron chi connectivity index (χ4n) is 2.77. The number of benzene rings is 2. The number of hydrogen-bond acceptors (Lipinski definition) is 4. The number of fused-ring (bicyclic) bond motifs is 1. The molecule has 0 saturated heterocycles. The van der Waals surface area contributed by atoms with Crippen molar-refractivity contribution in [2.45, 2.75) is 20.8 Å². The summed E-state index contributed by atoms with van der Waals surface area (Å²) in [5.74, 6) is -0.395. The molecule has 1 heterocycles. The number of amides is 1. The number of nitrogens with two attached hydrogens (primary N) is 1. The average Bonchev–Trinajstić information content (AvgIpc) is 2.76. The SMILES string of the molecule is C=C/C=C\C(=C/C)c1nc(Nc2ccccc2C(N)=O)c2c(F)cccc2n1.CC. The normalized spacial score (nSPS) is 11.1. The van der Waals surface area contributed by atoms with Gasteiger partial charge in [0, 0.05) is 5.57 Å². The third kappa shape index (κ3) is 4.97. The Bertz CT molecular complexity index is 1120. The van der Waals surface area contributed by atoms with Crippen molar-refractivity contribution in [2.75, 3.05) is 5.32 Å². The number of allylic oxidation sites excluding steroid dienone is 5. The lowest BCUT2D eigenvalue weighted by atomic mass is 10.1. The number of primary amides is 1. The largest absolute Gasteiger partial charge is 0.366 e. The summed E-state index contributed by atoms with van der Waals surface area (Å²) in [6.45, 7) is 9.52. The molecule has 0 aliphatic rings. The maximum atomic E-state index is 14.6. The Labute approximate surface area is 175 Å². The molecule has 1 amide bonds. The van der Waals surface area contributed by atoms with Crippen molar-refractivity contribution in [3.8, 4) is 0 Å². The monoisotopic (exact) mass is 404 g/mol. The van der Waals surface area contributed by atoms with E-state index in [0.29, 0.717) is 17.0 Å². The molecule has 0 fully saturated rings. The van der Waals surface area contributed by atoms with E-state index in [1.807, 2.05) is 32.9 Å².